The molecule has 1 N–H and O–H groups in total. The van der Waals surface area contributed by atoms with E-state index < -0.39 is 15.8 Å². The van der Waals surface area contributed by atoms with E-state index in [9.17, 15) is 13.2 Å². The van der Waals surface area contributed by atoms with E-state index in [2.05, 4.69) is 10.3 Å². The van der Waals surface area contributed by atoms with Crippen molar-refractivity contribution in [3.05, 3.63) is 18.3 Å². The summed E-state index contributed by atoms with van der Waals surface area (Å²) in [6.07, 6.45) is 1.92. The van der Waals surface area contributed by atoms with Gasteiger partial charge in [-0.2, -0.15) is 0 Å². The highest BCUT2D eigenvalue weighted by atomic mass is 32.2. The van der Waals surface area contributed by atoms with Crippen LogP contribution >= 0.6 is 0 Å². The number of carbonyl (C=O) groups excluding carboxylic acids is 1. The summed E-state index contributed by atoms with van der Waals surface area (Å²) in [5.74, 6) is -0.481. The third-order valence-corrected chi connectivity index (χ3v) is 4.59. The van der Waals surface area contributed by atoms with Crippen molar-refractivity contribution in [3.8, 4) is 5.88 Å². The van der Waals surface area contributed by atoms with Gasteiger partial charge in [0.25, 0.3) is 0 Å². The van der Waals surface area contributed by atoms with Crippen molar-refractivity contribution in [2.24, 2.45) is 5.92 Å². The van der Waals surface area contributed by atoms with Gasteiger partial charge in [0.15, 0.2) is 9.84 Å². The smallest absolute Gasteiger partial charge is 0.237 e. The molecular formula is C11H14N2O4S. The van der Waals surface area contributed by atoms with Crippen LogP contribution in [0.1, 0.15) is 6.42 Å². The van der Waals surface area contributed by atoms with Crippen LogP contribution in [-0.4, -0.2) is 37.9 Å². The van der Waals surface area contributed by atoms with Crippen molar-refractivity contribution in [1.82, 2.24) is 4.98 Å². The largest absolute Gasteiger partial charge is 0.480 e. The Hall–Kier alpha value is -1.63. The molecule has 0 spiro atoms. The van der Waals surface area contributed by atoms with Crippen molar-refractivity contribution in [2.75, 3.05) is 23.9 Å². The summed E-state index contributed by atoms with van der Waals surface area (Å²) in [5, 5.41) is 2.65. The predicted molar refractivity (Wildman–Crippen MR) is 66.2 cm³/mol. The zero-order chi connectivity index (χ0) is 13.2. The fraction of sp³-hybridized carbons (Fsp3) is 0.455. The second kappa shape index (κ2) is 4.93. The van der Waals surface area contributed by atoms with Crippen LogP contribution in [-0.2, 0) is 14.6 Å². The van der Waals surface area contributed by atoms with Gasteiger partial charge in [0.1, 0.15) is 5.69 Å². The third-order valence-electron chi connectivity index (χ3n) is 2.83. The van der Waals surface area contributed by atoms with Crippen LogP contribution in [0.5, 0.6) is 5.88 Å². The maximum Gasteiger partial charge on any atom is 0.237 e. The van der Waals surface area contributed by atoms with Crippen molar-refractivity contribution >= 4 is 21.4 Å². The number of anilines is 1. The van der Waals surface area contributed by atoms with Crippen molar-refractivity contribution in [2.45, 2.75) is 6.42 Å². The van der Waals surface area contributed by atoms with Gasteiger partial charge in [-0.1, -0.05) is 0 Å². The van der Waals surface area contributed by atoms with E-state index in [0.717, 1.165) is 0 Å². The van der Waals surface area contributed by atoms with E-state index in [1.165, 1.54) is 7.11 Å². The summed E-state index contributed by atoms with van der Waals surface area (Å²) in [6, 6.07) is 3.33. The fourth-order valence-corrected chi connectivity index (χ4v) is 3.63. The molecule has 1 aromatic heterocycles. The van der Waals surface area contributed by atoms with Crippen LogP contribution in [0.15, 0.2) is 18.3 Å². The average Bonchev–Trinajstić information content (AvgIpc) is 2.70. The molecule has 1 aliphatic heterocycles. The number of hydrogen-bond donors (Lipinski definition) is 1. The Labute approximate surface area is 105 Å². The van der Waals surface area contributed by atoms with Gasteiger partial charge in [-0.15, -0.1) is 0 Å². The number of sulfone groups is 1. The van der Waals surface area contributed by atoms with Gasteiger partial charge in [-0.3, -0.25) is 4.79 Å². The van der Waals surface area contributed by atoms with Gasteiger partial charge in [0.2, 0.25) is 11.8 Å². The van der Waals surface area contributed by atoms with Crippen molar-refractivity contribution < 1.29 is 17.9 Å². The SMILES string of the molecule is COc1ncccc1NC(=O)[C@H]1CCS(=O)(=O)C1. The molecule has 1 amide bonds. The first-order valence-electron chi connectivity index (χ1n) is 5.52. The molecule has 18 heavy (non-hydrogen) atoms. The molecule has 0 aromatic carbocycles. The number of amides is 1. The molecule has 1 saturated heterocycles. The predicted octanol–water partition coefficient (Wildman–Crippen LogP) is 0.463. The van der Waals surface area contributed by atoms with Crippen LogP contribution in [0.2, 0.25) is 0 Å². The van der Waals surface area contributed by atoms with Gasteiger partial charge in [-0.25, -0.2) is 13.4 Å². The van der Waals surface area contributed by atoms with Crippen LogP contribution in [0.3, 0.4) is 0 Å². The number of rotatable bonds is 3. The third kappa shape index (κ3) is 2.79. The van der Waals surface area contributed by atoms with E-state index >= 15 is 0 Å². The Morgan fingerprint density at radius 1 is 1.56 bits per heavy atom. The summed E-state index contributed by atoms with van der Waals surface area (Å²) in [7, 11) is -1.60. The highest BCUT2D eigenvalue weighted by Gasteiger charge is 2.33. The zero-order valence-corrected chi connectivity index (χ0v) is 10.7. The molecule has 7 heteroatoms. The lowest BCUT2D eigenvalue weighted by Gasteiger charge is -2.11. The summed E-state index contributed by atoms with van der Waals surface area (Å²) < 4.78 is 27.6. The molecule has 2 rings (SSSR count). The number of aromatic nitrogens is 1. The monoisotopic (exact) mass is 270 g/mol. The molecule has 0 radical (unpaired) electrons. The van der Waals surface area contributed by atoms with Crippen LogP contribution in [0, 0.1) is 5.92 Å². The molecule has 0 bridgehead atoms. The minimum absolute atomic E-state index is 0.0786. The molecule has 1 aromatic rings. The van der Waals surface area contributed by atoms with Gasteiger partial charge >= 0.3 is 0 Å². The van der Waals surface area contributed by atoms with E-state index in [1.807, 2.05) is 0 Å². The number of nitrogens with one attached hydrogen (secondary N) is 1. The summed E-state index contributed by atoms with van der Waals surface area (Å²) >= 11 is 0. The molecule has 98 valence electrons. The first-order valence-corrected chi connectivity index (χ1v) is 7.34. The maximum absolute atomic E-state index is 11.9. The Balaban J connectivity index is 2.08. The number of carbonyl (C=O) groups is 1. The highest BCUT2D eigenvalue weighted by Crippen LogP contribution is 2.24. The molecule has 0 aliphatic carbocycles. The first-order chi connectivity index (χ1) is 8.52. The highest BCUT2D eigenvalue weighted by molar-refractivity contribution is 7.91. The second-order valence-electron chi connectivity index (χ2n) is 4.15. The molecule has 0 unspecified atom stereocenters. The van der Waals surface area contributed by atoms with Crippen LogP contribution in [0.25, 0.3) is 0 Å². The van der Waals surface area contributed by atoms with E-state index in [-0.39, 0.29) is 17.4 Å². The lowest BCUT2D eigenvalue weighted by Crippen LogP contribution is -2.24. The maximum atomic E-state index is 11.9. The number of hydrogen-bond acceptors (Lipinski definition) is 5. The van der Waals surface area contributed by atoms with Crippen molar-refractivity contribution in [1.29, 1.82) is 0 Å². The van der Waals surface area contributed by atoms with Crippen molar-refractivity contribution in [3.63, 3.8) is 0 Å². The van der Waals surface area contributed by atoms with E-state index in [4.69, 9.17) is 4.74 Å². The van der Waals surface area contributed by atoms with Gasteiger partial charge in [0.05, 0.1) is 24.5 Å². The average molecular weight is 270 g/mol. The zero-order valence-electron chi connectivity index (χ0n) is 9.92. The Bertz CT molecular complexity index is 556. The molecule has 1 fully saturated rings. The number of ether oxygens (including phenoxy) is 1. The summed E-state index contributed by atoms with van der Waals surface area (Å²) in [5.41, 5.74) is 0.453. The number of nitrogens with zero attached hydrogens (tertiary/aromatic N) is 1. The molecule has 0 saturated carbocycles. The van der Waals surface area contributed by atoms with Gasteiger partial charge in [0, 0.05) is 6.20 Å². The standard InChI is InChI=1S/C11H14N2O4S/c1-17-11-9(3-2-5-12-11)13-10(14)8-4-6-18(15,16)7-8/h2-3,5,8H,4,6-7H2,1H3,(H,13,14)/t8-/m0/s1. The number of methoxy groups -OCH3 is 1. The molecule has 2 heterocycles. The fourth-order valence-electron chi connectivity index (χ4n) is 1.89. The Kier molecular flexibility index (Phi) is 3.51. The summed E-state index contributed by atoms with van der Waals surface area (Å²) in [4.78, 5) is 15.9. The minimum atomic E-state index is -3.06. The second-order valence-corrected chi connectivity index (χ2v) is 6.38. The first kappa shape index (κ1) is 12.8. The minimum Gasteiger partial charge on any atom is -0.480 e. The quantitative estimate of drug-likeness (QED) is 0.862. The Morgan fingerprint density at radius 2 is 2.33 bits per heavy atom. The van der Waals surface area contributed by atoms with Crippen LogP contribution in [0.4, 0.5) is 5.69 Å². The number of pyridine rings is 1. The Morgan fingerprint density at radius 3 is 2.94 bits per heavy atom. The van der Waals surface area contributed by atoms with Gasteiger partial charge < -0.3 is 10.1 Å². The molecule has 1 atom stereocenters. The lowest BCUT2D eigenvalue weighted by molar-refractivity contribution is -0.119. The topological polar surface area (TPSA) is 85.4 Å². The normalized spacial score (nSPS) is 21.5. The van der Waals surface area contributed by atoms with E-state index in [0.29, 0.717) is 18.0 Å². The molecule has 6 nitrogen and oxygen atoms in total. The van der Waals surface area contributed by atoms with Crippen LogP contribution < -0.4 is 10.1 Å². The van der Waals surface area contributed by atoms with E-state index in [1.54, 1.807) is 18.3 Å². The van der Waals surface area contributed by atoms with Gasteiger partial charge in [-0.05, 0) is 18.6 Å². The molecule has 1 aliphatic rings. The lowest BCUT2D eigenvalue weighted by atomic mass is 10.1. The molecular weight excluding hydrogens is 256 g/mol. The summed E-state index contributed by atoms with van der Waals surface area (Å²) in [6.45, 7) is 0.